The predicted octanol–water partition coefficient (Wildman–Crippen LogP) is 4.05. The molecule has 1 unspecified atom stereocenters. The normalized spacial score (nSPS) is 13.5. The van der Waals surface area contributed by atoms with Crippen LogP contribution in [-0.2, 0) is 6.18 Å². The van der Waals surface area contributed by atoms with E-state index in [1.54, 1.807) is 26.1 Å². The Morgan fingerprint density at radius 3 is 2.30 bits per heavy atom. The summed E-state index contributed by atoms with van der Waals surface area (Å²) in [7, 11) is 1.62. The smallest absolute Gasteiger partial charge is 0.419 e. The standard InChI is InChI=1S/C14H13F4NO/c1-8-3-6-12(20-8)13(19-2)9-4-5-10(11(15)7-9)14(16,17)18/h3-7,13,19H,1-2H3. The monoisotopic (exact) mass is 287 g/mol. The number of aryl methyl sites for hydroxylation is 1. The van der Waals surface area contributed by atoms with Crippen LogP contribution in [-0.4, -0.2) is 7.05 Å². The summed E-state index contributed by atoms with van der Waals surface area (Å²) in [5.74, 6) is -0.102. The van der Waals surface area contributed by atoms with Crippen molar-refractivity contribution in [2.45, 2.75) is 19.1 Å². The largest absolute Gasteiger partial charge is 0.464 e. The van der Waals surface area contributed by atoms with Crippen LogP contribution in [0.25, 0.3) is 0 Å². The van der Waals surface area contributed by atoms with Crippen molar-refractivity contribution in [2.24, 2.45) is 0 Å². The minimum absolute atomic E-state index is 0.368. The Balaban J connectivity index is 2.39. The number of hydrogen-bond donors (Lipinski definition) is 1. The number of alkyl halides is 3. The molecule has 0 aliphatic carbocycles. The first-order valence-electron chi connectivity index (χ1n) is 5.93. The molecule has 1 atom stereocenters. The average molecular weight is 287 g/mol. The van der Waals surface area contributed by atoms with E-state index in [-0.39, 0.29) is 0 Å². The van der Waals surface area contributed by atoms with E-state index in [1.807, 2.05) is 0 Å². The summed E-state index contributed by atoms with van der Waals surface area (Å²) in [6.45, 7) is 1.75. The van der Waals surface area contributed by atoms with Crippen LogP contribution in [0.2, 0.25) is 0 Å². The zero-order valence-electron chi connectivity index (χ0n) is 10.9. The van der Waals surface area contributed by atoms with Crippen molar-refractivity contribution in [3.05, 3.63) is 58.8 Å². The van der Waals surface area contributed by atoms with Gasteiger partial charge in [-0.05, 0) is 43.8 Å². The molecule has 0 aliphatic heterocycles. The van der Waals surface area contributed by atoms with Crippen LogP contribution in [0.4, 0.5) is 17.6 Å². The molecule has 0 amide bonds. The summed E-state index contributed by atoms with van der Waals surface area (Å²) >= 11 is 0. The molecule has 6 heteroatoms. The molecule has 20 heavy (non-hydrogen) atoms. The molecule has 1 heterocycles. The molecule has 1 aromatic carbocycles. The van der Waals surface area contributed by atoms with E-state index >= 15 is 0 Å². The number of hydrogen-bond acceptors (Lipinski definition) is 2. The molecular formula is C14H13F4NO. The van der Waals surface area contributed by atoms with E-state index in [1.165, 1.54) is 6.07 Å². The van der Waals surface area contributed by atoms with Crippen LogP contribution in [0.1, 0.15) is 28.7 Å². The Kier molecular flexibility index (Phi) is 3.85. The minimum atomic E-state index is -4.70. The molecule has 0 aliphatic rings. The maximum absolute atomic E-state index is 13.6. The van der Waals surface area contributed by atoms with E-state index in [4.69, 9.17) is 4.42 Å². The van der Waals surface area contributed by atoms with Crippen molar-refractivity contribution in [3.8, 4) is 0 Å². The van der Waals surface area contributed by atoms with E-state index < -0.39 is 23.6 Å². The Morgan fingerprint density at radius 2 is 1.85 bits per heavy atom. The third kappa shape index (κ3) is 2.85. The van der Waals surface area contributed by atoms with Gasteiger partial charge in [-0.1, -0.05) is 6.07 Å². The summed E-state index contributed by atoms with van der Waals surface area (Å²) in [5.41, 5.74) is -0.904. The number of benzene rings is 1. The topological polar surface area (TPSA) is 25.2 Å². The van der Waals surface area contributed by atoms with Gasteiger partial charge in [0.05, 0.1) is 11.6 Å². The van der Waals surface area contributed by atoms with E-state index in [0.29, 0.717) is 17.1 Å². The highest BCUT2D eigenvalue weighted by atomic mass is 19.4. The lowest BCUT2D eigenvalue weighted by Gasteiger charge is -2.16. The number of halogens is 4. The second-order valence-corrected chi connectivity index (χ2v) is 4.41. The van der Waals surface area contributed by atoms with Crippen molar-refractivity contribution in [2.75, 3.05) is 7.05 Å². The Labute approximate surface area is 113 Å². The molecule has 0 spiro atoms. The fourth-order valence-electron chi connectivity index (χ4n) is 2.02. The van der Waals surface area contributed by atoms with Gasteiger partial charge in [0.2, 0.25) is 0 Å². The zero-order chi connectivity index (χ0) is 14.9. The van der Waals surface area contributed by atoms with Gasteiger partial charge in [-0.2, -0.15) is 13.2 Å². The first kappa shape index (κ1) is 14.6. The lowest BCUT2D eigenvalue weighted by Crippen LogP contribution is -2.18. The SMILES string of the molecule is CNC(c1ccc(C(F)(F)F)c(F)c1)c1ccc(C)o1. The molecule has 2 aromatic rings. The fraction of sp³-hybridized carbons (Fsp3) is 0.286. The lowest BCUT2D eigenvalue weighted by atomic mass is 10.0. The summed E-state index contributed by atoms with van der Waals surface area (Å²) in [6, 6.07) is 5.80. The van der Waals surface area contributed by atoms with Crippen LogP contribution >= 0.6 is 0 Å². The molecule has 0 saturated carbocycles. The minimum Gasteiger partial charge on any atom is -0.464 e. The summed E-state index contributed by atoms with van der Waals surface area (Å²) in [4.78, 5) is 0. The first-order valence-corrected chi connectivity index (χ1v) is 5.93. The first-order chi connectivity index (χ1) is 9.32. The van der Waals surface area contributed by atoms with Crippen LogP contribution in [0, 0.1) is 12.7 Å². The molecule has 1 aromatic heterocycles. The zero-order valence-corrected chi connectivity index (χ0v) is 10.9. The second-order valence-electron chi connectivity index (χ2n) is 4.41. The van der Waals surface area contributed by atoms with Crippen molar-refractivity contribution in [1.82, 2.24) is 5.32 Å². The Morgan fingerprint density at radius 1 is 1.15 bits per heavy atom. The fourth-order valence-corrected chi connectivity index (χ4v) is 2.02. The maximum Gasteiger partial charge on any atom is 0.419 e. The maximum atomic E-state index is 13.6. The van der Waals surface area contributed by atoms with Crippen molar-refractivity contribution in [1.29, 1.82) is 0 Å². The van der Waals surface area contributed by atoms with Gasteiger partial charge >= 0.3 is 6.18 Å². The van der Waals surface area contributed by atoms with Crippen LogP contribution in [0.3, 0.4) is 0 Å². The molecule has 1 N–H and O–H groups in total. The van der Waals surface area contributed by atoms with Crippen molar-refractivity contribution >= 4 is 0 Å². The Hall–Kier alpha value is -1.82. The highest BCUT2D eigenvalue weighted by Crippen LogP contribution is 2.33. The van der Waals surface area contributed by atoms with Gasteiger partial charge in [0.25, 0.3) is 0 Å². The van der Waals surface area contributed by atoms with Gasteiger partial charge in [-0.25, -0.2) is 4.39 Å². The van der Waals surface area contributed by atoms with Crippen LogP contribution in [0.15, 0.2) is 34.7 Å². The van der Waals surface area contributed by atoms with Gasteiger partial charge in [-0.15, -0.1) is 0 Å². The van der Waals surface area contributed by atoms with Crippen molar-refractivity contribution in [3.63, 3.8) is 0 Å². The van der Waals surface area contributed by atoms with E-state index in [9.17, 15) is 17.6 Å². The van der Waals surface area contributed by atoms with Gasteiger partial charge in [-0.3, -0.25) is 0 Å². The third-order valence-corrected chi connectivity index (χ3v) is 2.97. The summed E-state index contributed by atoms with van der Waals surface area (Å²) in [6.07, 6.45) is -4.70. The molecule has 0 bridgehead atoms. The van der Waals surface area contributed by atoms with Gasteiger partial charge in [0, 0.05) is 0 Å². The molecule has 2 rings (SSSR count). The van der Waals surface area contributed by atoms with Gasteiger partial charge in [0.15, 0.2) is 0 Å². The van der Waals surface area contributed by atoms with Crippen LogP contribution < -0.4 is 5.32 Å². The summed E-state index contributed by atoms with van der Waals surface area (Å²) < 4.78 is 56.6. The summed E-state index contributed by atoms with van der Waals surface area (Å²) in [5, 5.41) is 2.89. The van der Waals surface area contributed by atoms with Crippen molar-refractivity contribution < 1.29 is 22.0 Å². The molecule has 0 fully saturated rings. The number of rotatable bonds is 3. The quantitative estimate of drug-likeness (QED) is 0.861. The van der Waals surface area contributed by atoms with E-state index in [0.717, 1.165) is 12.1 Å². The molecular weight excluding hydrogens is 274 g/mol. The Bertz CT molecular complexity index is 603. The molecule has 0 radical (unpaired) electrons. The highest BCUT2D eigenvalue weighted by Gasteiger charge is 2.34. The third-order valence-electron chi connectivity index (χ3n) is 2.97. The molecule has 2 nitrogen and oxygen atoms in total. The lowest BCUT2D eigenvalue weighted by molar-refractivity contribution is -0.140. The van der Waals surface area contributed by atoms with Gasteiger partial charge < -0.3 is 9.73 Å². The highest BCUT2D eigenvalue weighted by molar-refractivity contribution is 5.32. The van der Waals surface area contributed by atoms with E-state index in [2.05, 4.69) is 5.32 Å². The molecule has 108 valence electrons. The molecule has 0 saturated heterocycles. The predicted molar refractivity (Wildman–Crippen MR) is 65.7 cm³/mol. The van der Waals surface area contributed by atoms with Gasteiger partial charge in [0.1, 0.15) is 17.3 Å². The van der Waals surface area contributed by atoms with Crippen LogP contribution in [0.5, 0.6) is 0 Å². The number of furan rings is 1. The average Bonchev–Trinajstić information content (AvgIpc) is 2.75. The number of nitrogens with one attached hydrogen (secondary N) is 1. The second kappa shape index (κ2) is 5.28.